The number of amides is 1. The molecule has 2 rings (SSSR count). The first-order valence-corrected chi connectivity index (χ1v) is 5.67. The molecule has 0 aliphatic heterocycles. The van der Waals surface area contributed by atoms with E-state index in [0.29, 0.717) is 0 Å². The van der Waals surface area contributed by atoms with E-state index in [0.717, 1.165) is 22.2 Å². The lowest BCUT2D eigenvalue weighted by Crippen LogP contribution is -2.43. The highest BCUT2D eigenvalue weighted by molar-refractivity contribution is 5.94. The van der Waals surface area contributed by atoms with Crippen LogP contribution in [0.15, 0.2) is 24.4 Å². The zero-order valence-corrected chi connectivity index (χ0v) is 10.7. The second-order valence-electron chi connectivity index (χ2n) is 4.71. The standard InChI is InChI=1S/C13H17N3O2/c1-13(2,12(17)16-14)10-7-15-11-5-4-8(18-3)6-9(10)11/h4-7,15H,14H2,1-3H3,(H,16,17). The number of methoxy groups -OCH3 is 1. The van der Waals surface area contributed by atoms with Crippen LogP contribution >= 0.6 is 0 Å². The van der Waals surface area contributed by atoms with Crippen LogP contribution in [-0.4, -0.2) is 18.0 Å². The molecule has 0 bridgehead atoms. The van der Waals surface area contributed by atoms with Crippen molar-refractivity contribution in [1.29, 1.82) is 0 Å². The van der Waals surface area contributed by atoms with E-state index in [9.17, 15) is 4.79 Å². The third-order valence-corrected chi connectivity index (χ3v) is 3.26. The van der Waals surface area contributed by atoms with E-state index < -0.39 is 5.41 Å². The van der Waals surface area contributed by atoms with Gasteiger partial charge in [0.05, 0.1) is 12.5 Å². The fourth-order valence-electron chi connectivity index (χ4n) is 2.05. The van der Waals surface area contributed by atoms with Gasteiger partial charge in [0.25, 0.3) is 0 Å². The monoisotopic (exact) mass is 247 g/mol. The number of carbonyl (C=O) groups excluding carboxylic acids is 1. The Morgan fingerprint density at radius 3 is 2.78 bits per heavy atom. The van der Waals surface area contributed by atoms with Crippen LogP contribution in [0.2, 0.25) is 0 Å². The second-order valence-corrected chi connectivity index (χ2v) is 4.71. The number of fused-ring (bicyclic) bond motifs is 1. The molecule has 4 N–H and O–H groups in total. The molecule has 0 saturated heterocycles. The Morgan fingerprint density at radius 1 is 1.44 bits per heavy atom. The number of rotatable bonds is 3. The quantitative estimate of drug-likeness (QED) is 0.436. The van der Waals surface area contributed by atoms with Gasteiger partial charge in [-0.15, -0.1) is 0 Å². The molecule has 0 saturated carbocycles. The molecule has 1 aromatic heterocycles. The normalized spacial score (nSPS) is 11.6. The van der Waals surface area contributed by atoms with Crippen LogP contribution in [0.25, 0.3) is 10.9 Å². The summed E-state index contributed by atoms with van der Waals surface area (Å²) in [7, 11) is 1.62. The summed E-state index contributed by atoms with van der Waals surface area (Å²) in [6, 6.07) is 5.71. The molecular formula is C13H17N3O2. The highest BCUT2D eigenvalue weighted by atomic mass is 16.5. The van der Waals surface area contributed by atoms with Crippen molar-refractivity contribution in [3.8, 4) is 5.75 Å². The third kappa shape index (κ3) is 1.82. The van der Waals surface area contributed by atoms with Gasteiger partial charge in [-0.25, -0.2) is 5.84 Å². The second kappa shape index (κ2) is 4.34. The van der Waals surface area contributed by atoms with E-state index in [-0.39, 0.29) is 5.91 Å². The number of carbonyl (C=O) groups is 1. The number of aromatic nitrogens is 1. The summed E-state index contributed by atoms with van der Waals surface area (Å²) < 4.78 is 5.21. The highest BCUT2D eigenvalue weighted by Crippen LogP contribution is 2.32. The summed E-state index contributed by atoms with van der Waals surface area (Å²) in [5.74, 6) is 5.76. The lowest BCUT2D eigenvalue weighted by atomic mass is 9.83. The van der Waals surface area contributed by atoms with Gasteiger partial charge in [0.2, 0.25) is 5.91 Å². The van der Waals surface area contributed by atoms with Gasteiger partial charge in [-0.3, -0.25) is 10.2 Å². The van der Waals surface area contributed by atoms with Gasteiger partial charge >= 0.3 is 0 Å². The molecule has 2 aromatic rings. The largest absolute Gasteiger partial charge is 0.497 e. The smallest absolute Gasteiger partial charge is 0.244 e. The first-order chi connectivity index (χ1) is 8.50. The van der Waals surface area contributed by atoms with Crippen molar-refractivity contribution < 1.29 is 9.53 Å². The predicted octanol–water partition coefficient (Wildman–Crippen LogP) is 1.44. The molecule has 0 atom stereocenters. The number of ether oxygens (including phenoxy) is 1. The number of hydrogen-bond donors (Lipinski definition) is 3. The van der Waals surface area contributed by atoms with Gasteiger partial charge in [0, 0.05) is 17.1 Å². The molecule has 0 aliphatic carbocycles. The van der Waals surface area contributed by atoms with Crippen LogP contribution in [0.3, 0.4) is 0 Å². The molecule has 0 radical (unpaired) electrons. The Bertz CT molecular complexity index is 587. The van der Waals surface area contributed by atoms with Crippen LogP contribution in [0.4, 0.5) is 0 Å². The SMILES string of the molecule is COc1ccc2[nH]cc(C(C)(C)C(=O)NN)c2c1. The molecular weight excluding hydrogens is 230 g/mol. The molecule has 0 spiro atoms. The zero-order valence-electron chi connectivity index (χ0n) is 10.7. The maximum Gasteiger partial charge on any atom is 0.244 e. The van der Waals surface area contributed by atoms with Gasteiger partial charge < -0.3 is 9.72 Å². The Balaban J connectivity index is 2.60. The highest BCUT2D eigenvalue weighted by Gasteiger charge is 2.31. The Kier molecular flexibility index (Phi) is 3.00. The van der Waals surface area contributed by atoms with E-state index in [1.54, 1.807) is 7.11 Å². The zero-order chi connectivity index (χ0) is 13.3. The fourth-order valence-corrected chi connectivity index (χ4v) is 2.05. The molecule has 0 fully saturated rings. The minimum atomic E-state index is -0.709. The summed E-state index contributed by atoms with van der Waals surface area (Å²) in [5, 5.41) is 0.961. The number of hydrazine groups is 1. The predicted molar refractivity (Wildman–Crippen MR) is 70.2 cm³/mol. The number of aromatic amines is 1. The summed E-state index contributed by atoms with van der Waals surface area (Å²) in [6.45, 7) is 3.66. The van der Waals surface area contributed by atoms with Crippen LogP contribution in [-0.2, 0) is 10.2 Å². The average molecular weight is 247 g/mol. The van der Waals surface area contributed by atoms with Gasteiger partial charge in [-0.2, -0.15) is 0 Å². The molecule has 18 heavy (non-hydrogen) atoms. The molecule has 0 aliphatic rings. The molecule has 5 heteroatoms. The van der Waals surface area contributed by atoms with Crippen LogP contribution in [0.5, 0.6) is 5.75 Å². The molecule has 1 aromatic carbocycles. The lowest BCUT2D eigenvalue weighted by Gasteiger charge is -2.21. The minimum absolute atomic E-state index is 0.230. The van der Waals surface area contributed by atoms with Gasteiger partial charge in [-0.05, 0) is 37.6 Å². The topological polar surface area (TPSA) is 80.1 Å². The summed E-state index contributed by atoms with van der Waals surface area (Å²) in [6.07, 6.45) is 1.83. The first kappa shape index (κ1) is 12.4. The van der Waals surface area contributed by atoms with Crippen molar-refractivity contribution in [2.75, 3.05) is 7.11 Å². The number of hydrogen-bond acceptors (Lipinski definition) is 3. The van der Waals surface area contributed by atoms with Crippen LogP contribution in [0.1, 0.15) is 19.4 Å². The van der Waals surface area contributed by atoms with Crippen molar-refractivity contribution in [3.63, 3.8) is 0 Å². The van der Waals surface area contributed by atoms with Crippen molar-refractivity contribution in [2.45, 2.75) is 19.3 Å². The average Bonchev–Trinajstić information content (AvgIpc) is 2.80. The maximum absolute atomic E-state index is 11.8. The van der Waals surface area contributed by atoms with E-state index in [1.807, 2.05) is 38.2 Å². The first-order valence-electron chi connectivity index (χ1n) is 5.67. The number of H-pyrrole nitrogens is 1. The number of nitrogens with two attached hydrogens (primary N) is 1. The molecule has 5 nitrogen and oxygen atoms in total. The molecule has 1 heterocycles. The fraction of sp³-hybridized carbons (Fsp3) is 0.308. The third-order valence-electron chi connectivity index (χ3n) is 3.26. The van der Waals surface area contributed by atoms with Crippen molar-refractivity contribution in [3.05, 3.63) is 30.0 Å². The number of nitrogens with one attached hydrogen (secondary N) is 2. The van der Waals surface area contributed by atoms with E-state index in [4.69, 9.17) is 10.6 Å². The number of benzene rings is 1. The van der Waals surface area contributed by atoms with Crippen LogP contribution < -0.4 is 16.0 Å². The van der Waals surface area contributed by atoms with Crippen molar-refractivity contribution in [1.82, 2.24) is 10.4 Å². The van der Waals surface area contributed by atoms with E-state index in [2.05, 4.69) is 10.4 Å². The van der Waals surface area contributed by atoms with E-state index in [1.165, 1.54) is 0 Å². The van der Waals surface area contributed by atoms with Crippen LogP contribution in [0, 0.1) is 0 Å². The van der Waals surface area contributed by atoms with Crippen molar-refractivity contribution >= 4 is 16.8 Å². The van der Waals surface area contributed by atoms with Crippen molar-refractivity contribution in [2.24, 2.45) is 5.84 Å². The summed E-state index contributed by atoms with van der Waals surface area (Å²) >= 11 is 0. The summed E-state index contributed by atoms with van der Waals surface area (Å²) in [4.78, 5) is 15.0. The maximum atomic E-state index is 11.8. The van der Waals surface area contributed by atoms with Gasteiger partial charge in [0.15, 0.2) is 0 Å². The molecule has 0 unspecified atom stereocenters. The molecule has 1 amide bonds. The van der Waals surface area contributed by atoms with Gasteiger partial charge in [0.1, 0.15) is 5.75 Å². The minimum Gasteiger partial charge on any atom is -0.497 e. The Hall–Kier alpha value is -2.01. The summed E-state index contributed by atoms with van der Waals surface area (Å²) in [5.41, 5.74) is 3.34. The Labute approximate surface area is 105 Å². The molecule has 96 valence electrons. The van der Waals surface area contributed by atoms with Gasteiger partial charge in [-0.1, -0.05) is 0 Å². The Morgan fingerprint density at radius 2 is 2.17 bits per heavy atom. The lowest BCUT2D eigenvalue weighted by molar-refractivity contribution is -0.125. The van der Waals surface area contributed by atoms with E-state index >= 15 is 0 Å².